The van der Waals surface area contributed by atoms with E-state index in [2.05, 4.69) is 5.32 Å². The molecule has 0 saturated carbocycles. The monoisotopic (exact) mass is 277 g/mol. The molecule has 1 heterocycles. The Labute approximate surface area is 118 Å². The first-order valence-corrected chi connectivity index (χ1v) is 6.98. The number of imide groups is 1. The lowest BCUT2D eigenvalue weighted by Gasteiger charge is -2.32. The zero-order valence-electron chi connectivity index (χ0n) is 12.1. The highest BCUT2D eigenvalue weighted by atomic mass is 19.1. The Hall–Kier alpha value is -1.71. The van der Waals surface area contributed by atoms with Gasteiger partial charge >= 0.3 is 0 Å². The molecule has 2 atom stereocenters. The standard InChI is InChI=1S/C16H20FNO2/c1-9(2)6-14-13(8-15(19)18-16(14)20)12-7-11(17)5-4-10(12)3/h4-5,7,9,13-14H,6,8H2,1-3H3,(H,18,19,20). The van der Waals surface area contributed by atoms with Gasteiger partial charge in [0, 0.05) is 18.3 Å². The average molecular weight is 277 g/mol. The predicted octanol–water partition coefficient (Wildman–Crippen LogP) is 2.93. The number of halogens is 1. The van der Waals surface area contributed by atoms with Gasteiger partial charge in [0.1, 0.15) is 5.82 Å². The van der Waals surface area contributed by atoms with Gasteiger partial charge in [-0.25, -0.2) is 4.39 Å². The first-order chi connectivity index (χ1) is 9.38. The quantitative estimate of drug-likeness (QED) is 0.863. The van der Waals surface area contributed by atoms with Crippen LogP contribution in [0, 0.1) is 24.6 Å². The SMILES string of the molecule is Cc1ccc(F)cc1C1CC(=O)NC(=O)C1CC(C)C. The molecule has 0 bridgehead atoms. The maximum Gasteiger partial charge on any atom is 0.230 e. The predicted molar refractivity (Wildman–Crippen MR) is 74.6 cm³/mol. The van der Waals surface area contributed by atoms with Gasteiger partial charge in [-0.1, -0.05) is 19.9 Å². The van der Waals surface area contributed by atoms with Crippen LogP contribution in [0.15, 0.2) is 18.2 Å². The molecule has 1 saturated heterocycles. The number of aryl methyl sites for hydroxylation is 1. The number of rotatable bonds is 3. The van der Waals surface area contributed by atoms with E-state index in [9.17, 15) is 14.0 Å². The van der Waals surface area contributed by atoms with Crippen LogP contribution in [-0.4, -0.2) is 11.8 Å². The lowest BCUT2D eigenvalue weighted by Crippen LogP contribution is -2.45. The molecule has 1 aliphatic rings. The summed E-state index contributed by atoms with van der Waals surface area (Å²) in [5.74, 6) is -0.988. The average Bonchev–Trinajstić information content (AvgIpc) is 2.35. The zero-order valence-corrected chi connectivity index (χ0v) is 12.1. The molecule has 4 heteroatoms. The highest BCUT2D eigenvalue weighted by Gasteiger charge is 2.37. The van der Waals surface area contributed by atoms with E-state index >= 15 is 0 Å². The molecule has 1 fully saturated rings. The van der Waals surface area contributed by atoms with Gasteiger partial charge in [-0.05, 0) is 42.5 Å². The minimum Gasteiger partial charge on any atom is -0.296 e. The van der Waals surface area contributed by atoms with Crippen LogP contribution in [0.25, 0.3) is 0 Å². The Bertz CT molecular complexity index is 539. The van der Waals surface area contributed by atoms with Crippen LogP contribution in [0.4, 0.5) is 4.39 Å². The van der Waals surface area contributed by atoms with Gasteiger partial charge in [-0.15, -0.1) is 0 Å². The Kier molecular flexibility index (Phi) is 4.21. The number of hydrogen-bond acceptors (Lipinski definition) is 2. The summed E-state index contributed by atoms with van der Waals surface area (Å²) in [4.78, 5) is 23.8. The van der Waals surface area contributed by atoms with Gasteiger partial charge in [0.05, 0.1) is 0 Å². The van der Waals surface area contributed by atoms with Crippen molar-refractivity contribution in [2.45, 2.75) is 39.5 Å². The van der Waals surface area contributed by atoms with E-state index in [1.165, 1.54) is 12.1 Å². The molecule has 0 spiro atoms. The molecule has 3 nitrogen and oxygen atoms in total. The fourth-order valence-corrected chi connectivity index (χ4v) is 2.92. The smallest absolute Gasteiger partial charge is 0.230 e. The molecule has 0 radical (unpaired) electrons. The second-order valence-electron chi connectivity index (χ2n) is 5.96. The van der Waals surface area contributed by atoms with Gasteiger partial charge in [0.15, 0.2) is 0 Å². The molecular weight excluding hydrogens is 257 g/mol. The third-order valence-corrected chi connectivity index (χ3v) is 3.86. The number of carbonyl (C=O) groups excluding carboxylic acids is 2. The lowest BCUT2D eigenvalue weighted by molar-refractivity contribution is -0.137. The summed E-state index contributed by atoms with van der Waals surface area (Å²) in [5.41, 5.74) is 1.70. The number of amides is 2. The van der Waals surface area contributed by atoms with Crippen molar-refractivity contribution < 1.29 is 14.0 Å². The molecule has 1 aromatic carbocycles. The summed E-state index contributed by atoms with van der Waals surface area (Å²) in [6.45, 7) is 5.97. The maximum atomic E-state index is 13.5. The normalized spacial score (nSPS) is 23.1. The second-order valence-corrected chi connectivity index (χ2v) is 5.96. The largest absolute Gasteiger partial charge is 0.296 e. The molecule has 1 aromatic rings. The summed E-state index contributed by atoms with van der Waals surface area (Å²) in [6, 6.07) is 4.56. The van der Waals surface area contributed by atoms with E-state index in [1.807, 2.05) is 20.8 Å². The minimum atomic E-state index is -0.327. The van der Waals surface area contributed by atoms with Crippen LogP contribution >= 0.6 is 0 Å². The van der Waals surface area contributed by atoms with Gasteiger partial charge in [-0.3, -0.25) is 14.9 Å². The molecule has 2 rings (SSSR count). The van der Waals surface area contributed by atoms with Crippen molar-refractivity contribution in [3.8, 4) is 0 Å². The van der Waals surface area contributed by atoms with Crippen molar-refractivity contribution >= 4 is 11.8 Å². The summed E-state index contributed by atoms with van der Waals surface area (Å²) in [6.07, 6.45) is 0.938. The third kappa shape index (κ3) is 3.06. The van der Waals surface area contributed by atoms with E-state index < -0.39 is 0 Å². The number of benzene rings is 1. The Balaban J connectivity index is 2.40. The first kappa shape index (κ1) is 14.7. The lowest BCUT2D eigenvalue weighted by atomic mass is 9.75. The summed E-state index contributed by atoms with van der Waals surface area (Å²) < 4.78 is 13.5. The van der Waals surface area contributed by atoms with Crippen molar-refractivity contribution in [1.82, 2.24) is 5.32 Å². The molecular formula is C16H20FNO2. The molecule has 1 N–H and O–H groups in total. The summed E-state index contributed by atoms with van der Waals surface area (Å²) >= 11 is 0. The Morgan fingerprint density at radius 3 is 2.70 bits per heavy atom. The highest BCUT2D eigenvalue weighted by Crippen LogP contribution is 2.37. The number of nitrogens with one attached hydrogen (secondary N) is 1. The van der Waals surface area contributed by atoms with E-state index in [4.69, 9.17) is 0 Å². The van der Waals surface area contributed by atoms with E-state index in [-0.39, 0.29) is 35.9 Å². The Morgan fingerprint density at radius 2 is 2.05 bits per heavy atom. The van der Waals surface area contributed by atoms with Crippen LogP contribution in [-0.2, 0) is 9.59 Å². The molecule has 2 unspecified atom stereocenters. The third-order valence-electron chi connectivity index (χ3n) is 3.86. The van der Waals surface area contributed by atoms with Crippen molar-refractivity contribution in [2.75, 3.05) is 0 Å². The number of hydrogen-bond donors (Lipinski definition) is 1. The van der Waals surface area contributed by atoms with Crippen LogP contribution in [0.5, 0.6) is 0 Å². The molecule has 0 aromatic heterocycles. The van der Waals surface area contributed by atoms with Crippen LogP contribution < -0.4 is 5.32 Å². The van der Waals surface area contributed by atoms with E-state index in [0.717, 1.165) is 11.1 Å². The summed E-state index contributed by atoms with van der Waals surface area (Å²) in [5, 5.41) is 2.40. The van der Waals surface area contributed by atoms with Crippen LogP contribution in [0.3, 0.4) is 0 Å². The van der Waals surface area contributed by atoms with Gasteiger partial charge in [-0.2, -0.15) is 0 Å². The minimum absolute atomic E-state index is 0.227. The van der Waals surface area contributed by atoms with Crippen molar-refractivity contribution in [3.05, 3.63) is 35.1 Å². The topological polar surface area (TPSA) is 46.2 Å². The first-order valence-electron chi connectivity index (χ1n) is 6.98. The highest BCUT2D eigenvalue weighted by molar-refractivity contribution is 5.99. The van der Waals surface area contributed by atoms with Crippen molar-refractivity contribution in [2.24, 2.45) is 11.8 Å². The van der Waals surface area contributed by atoms with Crippen molar-refractivity contribution in [1.29, 1.82) is 0 Å². The Morgan fingerprint density at radius 1 is 1.35 bits per heavy atom. The van der Waals surface area contributed by atoms with Crippen LogP contribution in [0.2, 0.25) is 0 Å². The fourth-order valence-electron chi connectivity index (χ4n) is 2.92. The van der Waals surface area contributed by atoms with Gasteiger partial charge in [0.2, 0.25) is 11.8 Å². The number of piperidine rings is 1. The second kappa shape index (κ2) is 5.73. The molecule has 1 aliphatic heterocycles. The maximum absolute atomic E-state index is 13.5. The zero-order chi connectivity index (χ0) is 14.9. The van der Waals surface area contributed by atoms with Gasteiger partial charge in [0.25, 0.3) is 0 Å². The van der Waals surface area contributed by atoms with E-state index in [1.54, 1.807) is 6.07 Å². The van der Waals surface area contributed by atoms with E-state index in [0.29, 0.717) is 12.3 Å². The van der Waals surface area contributed by atoms with Crippen LogP contribution in [0.1, 0.15) is 43.7 Å². The number of carbonyl (C=O) groups is 2. The fraction of sp³-hybridized carbons (Fsp3) is 0.500. The summed E-state index contributed by atoms with van der Waals surface area (Å²) in [7, 11) is 0. The molecule has 20 heavy (non-hydrogen) atoms. The molecule has 0 aliphatic carbocycles. The molecule has 108 valence electrons. The molecule has 2 amide bonds. The van der Waals surface area contributed by atoms with Crippen molar-refractivity contribution in [3.63, 3.8) is 0 Å². The van der Waals surface area contributed by atoms with Gasteiger partial charge < -0.3 is 0 Å².